The fourth-order valence-corrected chi connectivity index (χ4v) is 5.61. The van der Waals surface area contributed by atoms with Crippen LogP contribution in [0.5, 0.6) is 0 Å². The fraction of sp³-hybridized carbons (Fsp3) is 0.387. The van der Waals surface area contributed by atoms with Crippen LogP contribution < -0.4 is 20.8 Å². The molecule has 2 atom stereocenters. The first-order valence-electron chi connectivity index (χ1n) is 13.9. The van der Waals surface area contributed by atoms with Crippen molar-refractivity contribution in [3.63, 3.8) is 0 Å². The van der Waals surface area contributed by atoms with E-state index in [0.29, 0.717) is 0 Å². The number of rotatable bonds is 12. The Labute approximate surface area is 246 Å². The maximum absolute atomic E-state index is 13.5. The molecular weight excluding hydrogens is 556 g/mol. The van der Waals surface area contributed by atoms with Crippen LogP contribution in [0.15, 0.2) is 71.6 Å². The van der Waals surface area contributed by atoms with E-state index in [1.807, 2.05) is 49.4 Å². The van der Waals surface area contributed by atoms with Crippen LogP contribution in [0, 0.1) is 12.8 Å². The minimum absolute atomic E-state index is 0.0520. The highest BCUT2D eigenvalue weighted by Crippen LogP contribution is 2.33. The highest BCUT2D eigenvalue weighted by atomic mass is 32.2. The molecule has 42 heavy (non-hydrogen) atoms. The standard InChI is InChI=1S/C31H38N4O6S/c1-20-12-16-24(17-13-20)42(39,40)35-26(18-27(36)34-41-31(2,3)4)29(37)33-28(22-14-15-22)30(38)32-19-23-10-7-9-21-8-5-6-11-25(21)23/h5-13,16-17,22,26,28,35H,14-15,18-19H2,1-4H3,(H,32,38)(H,33,37)(H,34,36)/t26-,28-/m0/s1. The molecule has 1 aliphatic carbocycles. The molecule has 0 aromatic heterocycles. The number of nitrogens with one attached hydrogen (secondary N) is 4. The Morgan fingerprint density at radius 3 is 2.26 bits per heavy atom. The van der Waals surface area contributed by atoms with Crippen molar-refractivity contribution in [1.29, 1.82) is 0 Å². The molecule has 0 unspecified atom stereocenters. The van der Waals surface area contributed by atoms with Crippen LogP contribution in [-0.4, -0.2) is 43.8 Å². The molecular formula is C31H38N4O6S. The number of hydrogen-bond donors (Lipinski definition) is 4. The summed E-state index contributed by atoms with van der Waals surface area (Å²) < 4.78 is 28.7. The molecule has 11 heteroatoms. The second-order valence-electron chi connectivity index (χ2n) is 11.6. The minimum atomic E-state index is -4.17. The van der Waals surface area contributed by atoms with Crippen molar-refractivity contribution in [3.8, 4) is 0 Å². The van der Waals surface area contributed by atoms with E-state index < -0.39 is 45.9 Å². The lowest BCUT2D eigenvalue weighted by molar-refractivity contribution is -0.147. The number of benzene rings is 3. The first-order chi connectivity index (χ1) is 19.8. The third-order valence-electron chi connectivity index (χ3n) is 6.81. The molecule has 0 radical (unpaired) electrons. The average Bonchev–Trinajstić information content (AvgIpc) is 3.78. The first-order valence-corrected chi connectivity index (χ1v) is 15.4. The summed E-state index contributed by atoms with van der Waals surface area (Å²) in [6, 6.07) is 17.4. The van der Waals surface area contributed by atoms with Gasteiger partial charge in [-0.3, -0.25) is 19.2 Å². The smallest absolute Gasteiger partial charge is 0.245 e. The van der Waals surface area contributed by atoms with Crippen LogP contribution in [0.25, 0.3) is 10.8 Å². The summed E-state index contributed by atoms with van der Waals surface area (Å²) in [7, 11) is -4.17. The summed E-state index contributed by atoms with van der Waals surface area (Å²) >= 11 is 0. The fourth-order valence-electron chi connectivity index (χ4n) is 4.42. The Morgan fingerprint density at radius 2 is 1.60 bits per heavy atom. The van der Waals surface area contributed by atoms with Crippen molar-refractivity contribution in [2.24, 2.45) is 5.92 Å². The van der Waals surface area contributed by atoms with Gasteiger partial charge in [0.15, 0.2) is 0 Å². The van der Waals surface area contributed by atoms with Crippen molar-refractivity contribution < 1.29 is 27.6 Å². The molecule has 3 amide bonds. The quantitative estimate of drug-likeness (QED) is 0.237. The van der Waals surface area contributed by atoms with Crippen LogP contribution in [0.4, 0.5) is 0 Å². The lowest BCUT2D eigenvalue weighted by atomic mass is 10.0. The number of fused-ring (bicyclic) bond motifs is 1. The number of hydroxylamine groups is 1. The van der Waals surface area contributed by atoms with Gasteiger partial charge in [-0.05, 0) is 74.9 Å². The summed E-state index contributed by atoms with van der Waals surface area (Å²) in [5, 5.41) is 7.70. The lowest BCUT2D eigenvalue weighted by Gasteiger charge is -2.24. The van der Waals surface area contributed by atoms with Crippen LogP contribution in [0.2, 0.25) is 0 Å². The van der Waals surface area contributed by atoms with Crippen molar-refractivity contribution in [2.45, 2.75) is 76.1 Å². The van der Waals surface area contributed by atoms with Gasteiger partial charge >= 0.3 is 0 Å². The summed E-state index contributed by atoms with van der Waals surface area (Å²) in [6.07, 6.45) is 0.945. The Kier molecular flexibility index (Phi) is 9.65. The summed E-state index contributed by atoms with van der Waals surface area (Å²) in [4.78, 5) is 44.7. The minimum Gasteiger partial charge on any atom is -0.350 e. The van der Waals surface area contributed by atoms with E-state index in [1.165, 1.54) is 12.1 Å². The Morgan fingerprint density at radius 1 is 0.929 bits per heavy atom. The molecule has 4 rings (SSSR count). The Hall–Kier alpha value is -3.80. The number of hydrogen-bond acceptors (Lipinski definition) is 6. The number of carbonyl (C=O) groups is 3. The molecule has 1 fully saturated rings. The maximum atomic E-state index is 13.5. The van der Waals surface area contributed by atoms with Crippen molar-refractivity contribution in [2.75, 3.05) is 0 Å². The molecule has 0 aliphatic heterocycles. The lowest BCUT2D eigenvalue weighted by Crippen LogP contribution is -2.55. The second-order valence-corrected chi connectivity index (χ2v) is 13.3. The molecule has 0 spiro atoms. The monoisotopic (exact) mass is 594 g/mol. The molecule has 3 aromatic rings. The van der Waals surface area contributed by atoms with Crippen LogP contribution in [-0.2, 0) is 35.8 Å². The molecule has 3 aromatic carbocycles. The molecule has 0 bridgehead atoms. The largest absolute Gasteiger partial charge is 0.350 e. The van der Waals surface area contributed by atoms with Crippen molar-refractivity contribution in [3.05, 3.63) is 77.9 Å². The second kappa shape index (κ2) is 13.0. The number of sulfonamides is 1. The van der Waals surface area contributed by atoms with E-state index in [2.05, 4.69) is 20.8 Å². The van der Waals surface area contributed by atoms with Gasteiger partial charge in [-0.15, -0.1) is 0 Å². The van der Waals surface area contributed by atoms with Crippen LogP contribution in [0.3, 0.4) is 0 Å². The van der Waals surface area contributed by atoms with Crippen LogP contribution in [0.1, 0.15) is 51.2 Å². The predicted octanol–water partition coefficient (Wildman–Crippen LogP) is 3.24. The first kappa shape index (κ1) is 31.1. The molecule has 10 nitrogen and oxygen atoms in total. The molecule has 224 valence electrons. The van der Waals surface area contributed by atoms with Gasteiger partial charge in [0.05, 0.1) is 16.9 Å². The van der Waals surface area contributed by atoms with Gasteiger partial charge in [-0.2, -0.15) is 4.72 Å². The van der Waals surface area contributed by atoms with Gasteiger partial charge < -0.3 is 10.6 Å². The van der Waals surface area contributed by atoms with Gasteiger partial charge in [0, 0.05) is 6.54 Å². The van der Waals surface area contributed by atoms with E-state index in [9.17, 15) is 22.8 Å². The predicted molar refractivity (Wildman–Crippen MR) is 159 cm³/mol. The van der Waals surface area contributed by atoms with Gasteiger partial charge in [0.25, 0.3) is 0 Å². The van der Waals surface area contributed by atoms with Gasteiger partial charge in [0.2, 0.25) is 27.7 Å². The van der Waals surface area contributed by atoms with Crippen molar-refractivity contribution in [1.82, 2.24) is 20.8 Å². The van der Waals surface area contributed by atoms with E-state index in [-0.39, 0.29) is 23.3 Å². The summed E-state index contributed by atoms with van der Waals surface area (Å²) in [6.45, 7) is 7.27. The number of aryl methyl sites for hydroxylation is 1. The third kappa shape index (κ3) is 8.60. The van der Waals surface area contributed by atoms with E-state index in [4.69, 9.17) is 4.84 Å². The van der Waals surface area contributed by atoms with Gasteiger partial charge in [-0.25, -0.2) is 13.9 Å². The number of amides is 3. The summed E-state index contributed by atoms with van der Waals surface area (Å²) in [5.74, 6) is -1.94. The van der Waals surface area contributed by atoms with Crippen molar-refractivity contribution >= 4 is 38.5 Å². The Bertz CT molecular complexity index is 1540. The van der Waals surface area contributed by atoms with Gasteiger partial charge in [0.1, 0.15) is 12.1 Å². The van der Waals surface area contributed by atoms with E-state index in [0.717, 1.165) is 34.7 Å². The molecule has 1 saturated carbocycles. The highest BCUT2D eigenvalue weighted by molar-refractivity contribution is 7.89. The Balaban J connectivity index is 1.49. The zero-order valence-corrected chi connectivity index (χ0v) is 25.1. The van der Waals surface area contributed by atoms with Gasteiger partial charge in [-0.1, -0.05) is 60.2 Å². The third-order valence-corrected chi connectivity index (χ3v) is 8.30. The molecule has 4 N–H and O–H groups in total. The molecule has 0 heterocycles. The highest BCUT2D eigenvalue weighted by Gasteiger charge is 2.39. The van der Waals surface area contributed by atoms with E-state index >= 15 is 0 Å². The molecule has 1 aliphatic rings. The average molecular weight is 595 g/mol. The van der Waals surface area contributed by atoms with Crippen LogP contribution >= 0.6 is 0 Å². The molecule has 0 saturated heterocycles. The zero-order valence-electron chi connectivity index (χ0n) is 24.3. The SMILES string of the molecule is Cc1ccc(S(=O)(=O)N[C@@H](CC(=O)NOC(C)(C)C)C(=O)N[C@H](C(=O)NCc2cccc3ccccc23)C2CC2)cc1. The number of carbonyl (C=O) groups excluding carboxylic acids is 3. The topological polar surface area (TPSA) is 143 Å². The van der Waals surface area contributed by atoms with E-state index in [1.54, 1.807) is 32.9 Å². The maximum Gasteiger partial charge on any atom is 0.245 e. The zero-order chi connectivity index (χ0) is 30.5. The normalized spacial score (nSPS) is 15.0. The summed E-state index contributed by atoms with van der Waals surface area (Å²) in [5.41, 5.74) is 3.37.